The lowest BCUT2D eigenvalue weighted by atomic mass is 9.94. The topological polar surface area (TPSA) is 78.1 Å². The highest BCUT2D eigenvalue weighted by molar-refractivity contribution is 6.04. The maximum absolute atomic E-state index is 12.3. The molecule has 102 valence electrons. The zero-order chi connectivity index (χ0) is 13.2. The van der Waals surface area contributed by atoms with Crippen molar-refractivity contribution in [1.82, 2.24) is 20.2 Å². The number of aromatic nitrogens is 2. The van der Waals surface area contributed by atoms with Gasteiger partial charge in [0.05, 0.1) is 6.33 Å². The number of imidazole rings is 1. The largest absolute Gasteiger partial charge is 0.348 e. The van der Waals surface area contributed by atoms with Crippen LogP contribution in [0.25, 0.3) is 0 Å². The second kappa shape index (κ2) is 5.03. The molecule has 0 bridgehead atoms. The fraction of sp³-hybridized carbons (Fsp3) is 0.615. The number of hydrogen-bond donors (Lipinski definition) is 2. The molecule has 1 saturated carbocycles. The molecular weight excluding hydrogens is 244 g/mol. The van der Waals surface area contributed by atoms with E-state index in [4.69, 9.17) is 0 Å². The first-order valence-corrected chi connectivity index (χ1v) is 6.86. The van der Waals surface area contributed by atoms with Crippen molar-refractivity contribution in [3.63, 3.8) is 0 Å². The molecule has 0 radical (unpaired) electrons. The zero-order valence-electron chi connectivity index (χ0n) is 10.8. The fourth-order valence-electron chi connectivity index (χ4n) is 2.99. The monoisotopic (exact) mass is 262 g/mol. The summed E-state index contributed by atoms with van der Waals surface area (Å²) < 4.78 is 0. The van der Waals surface area contributed by atoms with Crippen molar-refractivity contribution < 1.29 is 9.59 Å². The molecule has 0 spiro atoms. The standard InChI is InChI=1S/C13H18N4O2/c18-12-11(6-9-7-14-8-15-9)16-13(19)17(12)10-4-2-1-3-5-10/h7-8,10-11H,1-6H2,(H,14,15)(H,16,19)/t11-/m1/s1. The SMILES string of the molecule is O=C1N[C@H](Cc2cnc[nH]2)C(=O)N1C1CCCCC1. The second-order valence-corrected chi connectivity index (χ2v) is 5.28. The Hall–Kier alpha value is -1.85. The number of carbonyl (C=O) groups excluding carboxylic acids is 2. The lowest BCUT2D eigenvalue weighted by Crippen LogP contribution is -2.42. The van der Waals surface area contributed by atoms with Gasteiger partial charge in [0, 0.05) is 24.4 Å². The molecule has 0 unspecified atom stereocenters. The number of nitrogens with zero attached hydrogens (tertiary/aromatic N) is 2. The Morgan fingerprint density at radius 1 is 1.26 bits per heavy atom. The van der Waals surface area contributed by atoms with E-state index in [2.05, 4.69) is 15.3 Å². The molecule has 2 N–H and O–H groups in total. The van der Waals surface area contributed by atoms with Crippen molar-refractivity contribution in [2.75, 3.05) is 0 Å². The third kappa shape index (κ3) is 2.34. The first-order chi connectivity index (χ1) is 9.25. The van der Waals surface area contributed by atoms with Gasteiger partial charge < -0.3 is 10.3 Å². The van der Waals surface area contributed by atoms with E-state index < -0.39 is 6.04 Å². The molecule has 1 saturated heterocycles. The van der Waals surface area contributed by atoms with Crippen LogP contribution in [0.3, 0.4) is 0 Å². The van der Waals surface area contributed by atoms with E-state index in [1.807, 2.05) is 0 Å². The molecule has 0 aromatic carbocycles. The van der Waals surface area contributed by atoms with Gasteiger partial charge in [0.15, 0.2) is 0 Å². The molecule has 1 aromatic rings. The van der Waals surface area contributed by atoms with Crippen LogP contribution in [0, 0.1) is 0 Å². The molecule has 3 rings (SSSR count). The predicted molar refractivity (Wildman–Crippen MR) is 68.3 cm³/mol. The number of imide groups is 1. The van der Waals surface area contributed by atoms with Crippen molar-refractivity contribution in [2.45, 2.75) is 50.6 Å². The summed E-state index contributed by atoms with van der Waals surface area (Å²) in [6.45, 7) is 0. The summed E-state index contributed by atoms with van der Waals surface area (Å²) in [4.78, 5) is 32.7. The molecule has 1 aliphatic heterocycles. The number of H-pyrrole nitrogens is 1. The highest BCUT2D eigenvalue weighted by atomic mass is 16.2. The van der Waals surface area contributed by atoms with Gasteiger partial charge in [0.25, 0.3) is 5.91 Å². The van der Waals surface area contributed by atoms with Crippen LogP contribution in [-0.4, -0.2) is 38.9 Å². The van der Waals surface area contributed by atoms with Crippen LogP contribution in [0.1, 0.15) is 37.8 Å². The number of amides is 3. The molecule has 1 aliphatic carbocycles. The van der Waals surface area contributed by atoms with Gasteiger partial charge in [-0.1, -0.05) is 19.3 Å². The lowest BCUT2D eigenvalue weighted by molar-refractivity contribution is -0.129. The minimum Gasteiger partial charge on any atom is -0.348 e. The summed E-state index contributed by atoms with van der Waals surface area (Å²) in [6.07, 6.45) is 9.04. The van der Waals surface area contributed by atoms with E-state index in [0.717, 1.165) is 31.4 Å². The van der Waals surface area contributed by atoms with Crippen molar-refractivity contribution in [3.8, 4) is 0 Å². The van der Waals surface area contributed by atoms with Gasteiger partial charge in [-0.25, -0.2) is 9.78 Å². The quantitative estimate of drug-likeness (QED) is 0.804. The number of nitrogens with one attached hydrogen (secondary N) is 2. The predicted octanol–water partition coefficient (Wildman–Crippen LogP) is 1.21. The molecule has 6 heteroatoms. The number of hydrogen-bond acceptors (Lipinski definition) is 3. The van der Waals surface area contributed by atoms with Gasteiger partial charge in [-0.15, -0.1) is 0 Å². The van der Waals surface area contributed by atoms with E-state index in [9.17, 15) is 9.59 Å². The van der Waals surface area contributed by atoms with Crippen LogP contribution in [0.15, 0.2) is 12.5 Å². The molecule has 2 aliphatic rings. The van der Waals surface area contributed by atoms with E-state index >= 15 is 0 Å². The Morgan fingerprint density at radius 3 is 2.74 bits per heavy atom. The van der Waals surface area contributed by atoms with Gasteiger partial charge in [-0.3, -0.25) is 9.69 Å². The van der Waals surface area contributed by atoms with Crippen LogP contribution in [0.2, 0.25) is 0 Å². The third-order valence-corrected chi connectivity index (χ3v) is 3.97. The summed E-state index contributed by atoms with van der Waals surface area (Å²) in [6, 6.07) is -0.593. The Morgan fingerprint density at radius 2 is 2.05 bits per heavy atom. The summed E-state index contributed by atoms with van der Waals surface area (Å²) in [5, 5.41) is 2.78. The average Bonchev–Trinajstić information content (AvgIpc) is 3.01. The van der Waals surface area contributed by atoms with Gasteiger partial charge in [0.1, 0.15) is 6.04 Å². The lowest BCUT2D eigenvalue weighted by Gasteiger charge is -2.28. The maximum Gasteiger partial charge on any atom is 0.325 e. The van der Waals surface area contributed by atoms with Gasteiger partial charge in [0.2, 0.25) is 0 Å². The first kappa shape index (κ1) is 12.2. The van der Waals surface area contributed by atoms with Crippen molar-refractivity contribution in [2.24, 2.45) is 0 Å². The maximum atomic E-state index is 12.3. The molecule has 6 nitrogen and oxygen atoms in total. The van der Waals surface area contributed by atoms with E-state index in [1.165, 1.54) is 11.3 Å². The normalized spacial score (nSPS) is 24.8. The van der Waals surface area contributed by atoms with Crippen LogP contribution < -0.4 is 5.32 Å². The van der Waals surface area contributed by atoms with Gasteiger partial charge >= 0.3 is 6.03 Å². The van der Waals surface area contributed by atoms with Crippen molar-refractivity contribution in [3.05, 3.63) is 18.2 Å². The fourth-order valence-corrected chi connectivity index (χ4v) is 2.99. The Labute approximate surface area is 111 Å². The molecule has 1 aromatic heterocycles. The van der Waals surface area contributed by atoms with Gasteiger partial charge in [-0.05, 0) is 12.8 Å². The summed E-state index contributed by atoms with van der Waals surface area (Å²) in [7, 11) is 0. The highest BCUT2D eigenvalue weighted by Gasteiger charge is 2.42. The van der Waals surface area contributed by atoms with Crippen LogP contribution in [-0.2, 0) is 11.2 Å². The third-order valence-electron chi connectivity index (χ3n) is 3.97. The zero-order valence-corrected chi connectivity index (χ0v) is 10.8. The van der Waals surface area contributed by atoms with Crippen molar-refractivity contribution in [1.29, 1.82) is 0 Å². The van der Waals surface area contributed by atoms with Crippen LogP contribution in [0.5, 0.6) is 0 Å². The summed E-state index contributed by atoms with van der Waals surface area (Å²) in [5.74, 6) is -0.0912. The number of carbonyl (C=O) groups is 2. The number of aromatic amines is 1. The average molecular weight is 262 g/mol. The highest BCUT2D eigenvalue weighted by Crippen LogP contribution is 2.25. The van der Waals surface area contributed by atoms with E-state index in [-0.39, 0.29) is 18.0 Å². The van der Waals surface area contributed by atoms with Crippen molar-refractivity contribution >= 4 is 11.9 Å². The Kier molecular flexibility index (Phi) is 3.23. The molecule has 1 atom stereocenters. The minimum absolute atomic E-state index is 0.0908. The molecule has 2 fully saturated rings. The molecular formula is C13H18N4O2. The number of rotatable bonds is 3. The van der Waals surface area contributed by atoms with Crippen LogP contribution in [0.4, 0.5) is 4.79 Å². The second-order valence-electron chi connectivity index (χ2n) is 5.28. The number of urea groups is 1. The van der Waals surface area contributed by atoms with E-state index in [0.29, 0.717) is 6.42 Å². The van der Waals surface area contributed by atoms with E-state index in [1.54, 1.807) is 12.5 Å². The van der Waals surface area contributed by atoms with Gasteiger partial charge in [-0.2, -0.15) is 0 Å². The molecule has 3 amide bonds. The molecule has 2 heterocycles. The minimum atomic E-state index is -0.449. The molecule has 19 heavy (non-hydrogen) atoms. The smallest absolute Gasteiger partial charge is 0.325 e. The Balaban J connectivity index is 1.69. The Bertz CT molecular complexity index is 465. The first-order valence-electron chi connectivity index (χ1n) is 6.86. The summed E-state index contributed by atoms with van der Waals surface area (Å²) in [5.41, 5.74) is 0.865. The summed E-state index contributed by atoms with van der Waals surface area (Å²) >= 11 is 0. The van der Waals surface area contributed by atoms with Crippen LogP contribution >= 0.6 is 0 Å².